The molecule has 0 aromatic heterocycles. The minimum atomic E-state index is -0.525. The largest absolute Gasteiger partial charge is 0.490 e. The van der Waals surface area contributed by atoms with Crippen molar-refractivity contribution in [3.8, 4) is 11.5 Å². The van der Waals surface area contributed by atoms with Gasteiger partial charge in [0, 0.05) is 11.6 Å². The Morgan fingerprint density at radius 1 is 1.16 bits per heavy atom. The fraction of sp³-hybridized carbons (Fsp3) is 0.250. The lowest BCUT2D eigenvalue weighted by Crippen LogP contribution is -2.19. The van der Waals surface area contributed by atoms with E-state index in [1.54, 1.807) is 13.0 Å². The van der Waals surface area contributed by atoms with E-state index in [-0.39, 0.29) is 23.1 Å². The molecule has 0 aliphatic heterocycles. The number of nitro benzene ring substituents is 1. The van der Waals surface area contributed by atoms with E-state index in [0.29, 0.717) is 30.8 Å². The first-order valence-electron chi connectivity index (χ1n) is 10.4. The molecule has 0 atom stereocenters. The van der Waals surface area contributed by atoms with Crippen molar-refractivity contribution in [1.29, 1.82) is 0 Å². The second-order valence-corrected chi connectivity index (χ2v) is 7.08. The second-order valence-electron chi connectivity index (χ2n) is 7.08. The summed E-state index contributed by atoms with van der Waals surface area (Å²) in [4.78, 5) is 23.9. The minimum absolute atomic E-state index is 0.0891. The van der Waals surface area contributed by atoms with Crippen molar-refractivity contribution in [3.63, 3.8) is 0 Å². The summed E-state index contributed by atoms with van der Waals surface area (Å²) in [6.45, 7) is 6.19. The highest BCUT2D eigenvalue weighted by molar-refractivity contribution is 6.08. The predicted octanol–water partition coefficient (Wildman–Crippen LogP) is 5.01. The van der Waals surface area contributed by atoms with Crippen molar-refractivity contribution in [2.24, 2.45) is 5.10 Å². The molecule has 32 heavy (non-hydrogen) atoms. The molecule has 0 radical (unpaired) electrons. The molecule has 8 nitrogen and oxygen atoms in total. The SMILES string of the molecule is CCCOc1c(OCC)cc(/C=N\NC(=O)c2c(C)ccc3ccccc23)cc1[N+](=O)[O-]. The molecule has 0 bridgehead atoms. The molecule has 0 saturated carbocycles. The Hall–Kier alpha value is -3.94. The average molecular weight is 435 g/mol. The molecule has 0 aliphatic rings. The number of hydrogen-bond acceptors (Lipinski definition) is 6. The summed E-state index contributed by atoms with van der Waals surface area (Å²) in [5.41, 5.74) is 4.05. The number of amides is 1. The lowest BCUT2D eigenvalue weighted by atomic mass is 9.99. The van der Waals surface area contributed by atoms with Crippen LogP contribution in [0, 0.1) is 17.0 Å². The fourth-order valence-electron chi connectivity index (χ4n) is 3.33. The summed E-state index contributed by atoms with van der Waals surface area (Å²) >= 11 is 0. The molecule has 0 aliphatic carbocycles. The third-order valence-electron chi connectivity index (χ3n) is 4.75. The number of nitro groups is 1. The van der Waals surface area contributed by atoms with Crippen LogP contribution in [-0.4, -0.2) is 30.3 Å². The highest BCUT2D eigenvalue weighted by Gasteiger charge is 2.22. The maximum Gasteiger partial charge on any atom is 0.315 e. The molecule has 3 rings (SSSR count). The van der Waals surface area contributed by atoms with Crippen LogP contribution >= 0.6 is 0 Å². The van der Waals surface area contributed by atoms with Crippen LogP contribution in [0.5, 0.6) is 11.5 Å². The van der Waals surface area contributed by atoms with E-state index in [1.165, 1.54) is 12.3 Å². The van der Waals surface area contributed by atoms with E-state index in [2.05, 4.69) is 10.5 Å². The Bertz CT molecular complexity index is 1170. The number of carbonyl (C=O) groups excluding carboxylic acids is 1. The first kappa shape index (κ1) is 22.7. The molecule has 0 heterocycles. The van der Waals surface area contributed by atoms with Crippen LogP contribution < -0.4 is 14.9 Å². The van der Waals surface area contributed by atoms with Crippen LogP contribution in [0.25, 0.3) is 10.8 Å². The van der Waals surface area contributed by atoms with Gasteiger partial charge < -0.3 is 9.47 Å². The van der Waals surface area contributed by atoms with Crippen LogP contribution in [0.3, 0.4) is 0 Å². The molecule has 166 valence electrons. The summed E-state index contributed by atoms with van der Waals surface area (Å²) in [5.74, 6) is -0.0166. The topological polar surface area (TPSA) is 103 Å². The van der Waals surface area contributed by atoms with Gasteiger partial charge in [0.25, 0.3) is 5.91 Å². The number of rotatable bonds is 9. The second kappa shape index (κ2) is 10.4. The van der Waals surface area contributed by atoms with Gasteiger partial charge in [0.2, 0.25) is 5.75 Å². The molecule has 0 spiro atoms. The molecule has 1 N–H and O–H groups in total. The van der Waals surface area contributed by atoms with Crippen molar-refractivity contribution in [2.75, 3.05) is 13.2 Å². The summed E-state index contributed by atoms with van der Waals surface area (Å²) < 4.78 is 11.1. The quantitative estimate of drug-likeness (QED) is 0.289. The highest BCUT2D eigenvalue weighted by atomic mass is 16.6. The van der Waals surface area contributed by atoms with Crippen molar-refractivity contribution in [3.05, 3.63) is 75.3 Å². The van der Waals surface area contributed by atoms with Crippen molar-refractivity contribution in [1.82, 2.24) is 5.43 Å². The summed E-state index contributed by atoms with van der Waals surface area (Å²) in [6.07, 6.45) is 2.04. The smallest absolute Gasteiger partial charge is 0.315 e. The molecular weight excluding hydrogens is 410 g/mol. The first-order chi connectivity index (χ1) is 15.5. The summed E-state index contributed by atoms with van der Waals surface area (Å²) in [6, 6.07) is 14.4. The number of hydrogen-bond donors (Lipinski definition) is 1. The number of nitrogens with zero attached hydrogens (tertiary/aromatic N) is 2. The van der Waals surface area contributed by atoms with Gasteiger partial charge in [-0.2, -0.15) is 5.10 Å². The summed E-state index contributed by atoms with van der Waals surface area (Å²) in [5, 5.41) is 17.4. The van der Waals surface area contributed by atoms with E-state index in [0.717, 1.165) is 16.3 Å². The van der Waals surface area contributed by atoms with Crippen molar-refractivity contribution in [2.45, 2.75) is 27.2 Å². The predicted molar refractivity (Wildman–Crippen MR) is 124 cm³/mol. The number of benzene rings is 3. The van der Waals surface area contributed by atoms with Crippen molar-refractivity contribution >= 4 is 28.6 Å². The van der Waals surface area contributed by atoms with Crippen LogP contribution in [0.1, 0.15) is 41.8 Å². The van der Waals surface area contributed by atoms with Gasteiger partial charge in [0.15, 0.2) is 5.75 Å². The van der Waals surface area contributed by atoms with Crippen LogP contribution in [-0.2, 0) is 0 Å². The average Bonchev–Trinajstić information content (AvgIpc) is 2.78. The van der Waals surface area contributed by atoms with E-state index in [9.17, 15) is 14.9 Å². The normalized spacial score (nSPS) is 11.0. The Kier molecular flexibility index (Phi) is 7.38. The number of aryl methyl sites for hydroxylation is 1. The lowest BCUT2D eigenvalue weighted by Gasteiger charge is -2.12. The maximum atomic E-state index is 12.8. The third-order valence-corrected chi connectivity index (χ3v) is 4.75. The molecular formula is C24H25N3O5. The van der Waals surface area contributed by atoms with Gasteiger partial charge in [-0.1, -0.05) is 43.3 Å². The lowest BCUT2D eigenvalue weighted by molar-refractivity contribution is -0.386. The van der Waals surface area contributed by atoms with E-state index < -0.39 is 4.92 Å². The van der Waals surface area contributed by atoms with Gasteiger partial charge in [-0.3, -0.25) is 14.9 Å². The standard InChI is InChI=1S/C24H25N3O5/c1-4-12-32-23-20(27(29)30)13-17(14-21(23)31-5-2)15-25-26-24(28)22-16(3)10-11-18-8-6-7-9-19(18)22/h6-11,13-15H,4-5,12H2,1-3H3,(H,26,28)/b25-15-. The monoisotopic (exact) mass is 435 g/mol. The molecule has 0 unspecified atom stereocenters. The maximum absolute atomic E-state index is 12.8. The summed E-state index contributed by atoms with van der Waals surface area (Å²) in [7, 11) is 0. The Labute approximate surface area is 186 Å². The van der Waals surface area contributed by atoms with Gasteiger partial charge in [0.1, 0.15) is 0 Å². The zero-order valence-corrected chi connectivity index (χ0v) is 18.3. The Morgan fingerprint density at radius 2 is 1.94 bits per heavy atom. The Balaban J connectivity index is 1.89. The van der Waals surface area contributed by atoms with E-state index in [4.69, 9.17) is 9.47 Å². The van der Waals surface area contributed by atoms with Gasteiger partial charge in [-0.15, -0.1) is 0 Å². The van der Waals surface area contributed by atoms with Gasteiger partial charge in [-0.05, 0) is 42.7 Å². The Morgan fingerprint density at radius 3 is 2.66 bits per heavy atom. The molecule has 0 fully saturated rings. The van der Waals surface area contributed by atoms with Crippen LogP contribution in [0.2, 0.25) is 0 Å². The third kappa shape index (κ3) is 5.03. The van der Waals surface area contributed by atoms with Gasteiger partial charge in [-0.25, -0.2) is 5.43 Å². The van der Waals surface area contributed by atoms with Crippen molar-refractivity contribution < 1.29 is 19.2 Å². The number of carbonyl (C=O) groups is 1. The fourth-order valence-corrected chi connectivity index (χ4v) is 3.33. The van der Waals surface area contributed by atoms with E-state index in [1.807, 2.05) is 50.2 Å². The van der Waals surface area contributed by atoms with Crippen LogP contribution in [0.4, 0.5) is 5.69 Å². The number of nitrogens with one attached hydrogen (secondary N) is 1. The molecule has 3 aromatic carbocycles. The van der Waals surface area contributed by atoms with Gasteiger partial charge in [0.05, 0.1) is 29.9 Å². The van der Waals surface area contributed by atoms with Crippen LogP contribution in [0.15, 0.2) is 53.6 Å². The van der Waals surface area contributed by atoms with Gasteiger partial charge >= 0.3 is 5.69 Å². The zero-order valence-electron chi connectivity index (χ0n) is 18.3. The number of fused-ring (bicyclic) bond motifs is 1. The first-order valence-corrected chi connectivity index (χ1v) is 10.4. The molecule has 8 heteroatoms. The highest BCUT2D eigenvalue weighted by Crippen LogP contribution is 2.38. The zero-order chi connectivity index (χ0) is 23.1. The van der Waals surface area contributed by atoms with E-state index >= 15 is 0 Å². The molecule has 1 amide bonds. The number of hydrazone groups is 1. The molecule has 3 aromatic rings. The minimum Gasteiger partial charge on any atom is -0.490 e. The molecule has 0 saturated heterocycles. The number of ether oxygens (including phenoxy) is 2.